The SMILES string of the molecule is CCCCCCCCN(CCCCCCCC)[C@@H](Cc1ccc(OP(=O)(O)O)cc1)C(=O)N[C@H]1CCCCC2CC[C@@H](C(=O)N[C@@H](CCC(N)=O)C(=O)NCc3ccccc3)N2C1=O. The molecule has 0 aromatic heterocycles. The second-order valence-corrected chi connectivity index (χ2v) is 18.8. The van der Waals surface area contributed by atoms with Crippen LogP contribution in [-0.4, -0.2) is 92.4 Å². The van der Waals surface area contributed by atoms with Crippen LogP contribution in [0.5, 0.6) is 5.75 Å². The zero-order valence-electron chi connectivity index (χ0n) is 38.2. The third-order valence-electron chi connectivity index (χ3n) is 12.5. The minimum atomic E-state index is -4.76. The molecular formula is C48H75N6O9P. The first kappa shape index (κ1) is 52.3. The first-order valence-electron chi connectivity index (χ1n) is 23.9. The van der Waals surface area contributed by atoms with Crippen molar-refractivity contribution in [3.63, 3.8) is 0 Å². The fourth-order valence-electron chi connectivity index (χ4n) is 8.97. The normalized spacial score (nSPS) is 18.7. The molecule has 0 saturated carbocycles. The van der Waals surface area contributed by atoms with Crippen LogP contribution in [-0.2, 0) is 41.5 Å². The summed E-state index contributed by atoms with van der Waals surface area (Å²) in [5.41, 5.74) is 7.09. The number of nitrogens with one attached hydrogen (secondary N) is 3. The van der Waals surface area contributed by atoms with Crippen LogP contribution in [0.3, 0.4) is 0 Å². The average molecular weight is 911 g/mol. The van der Waals surface area contributed by atoms with Gasteiger partial charge in [0.1, 0.15) is 23.9 Å². The number of hydrogen-bond acceptors (Lipinski definition) is 8. The topological polar surface area (TPSA) is 221 Å². The lowest BCUT2D eigenvalue weighted by Crippen LogP contribution is -2.60. The molecule has 5 amide bonds. The number of fused-ring (bicyclic) bond motifs is 1. The van der Waals surface area contributed by atoms with E-state index in [1.807, 2.05) is 30.3 Å². The van der Waals surface area contributed by atoms with Crippen LogP contribution < -0.4 is 26.2 Å². The van der Waals surface area contributed by atoms with Gasteiger partial charge < -0.3 is 31.1 Å². The second-order valence-electron chi connectivity index (χ2n) is 17.6. The number of amides is 5. The van der Waals surface area contributed by atoms with Gasteiger partial charge in [0, 0.05) is 19.0 Å². The summed E-state index contributed by atoms with van der Waals surface area (Å²) in [4.78, 5) is 91.4. The average Bonchev–Trinajstić information content (AvgIpc) is 3.69. The summed E-state index contributed by atoms with van der Waals surface area (Å²) in [6.45, 7) is 6.00. The number of rotatable bonds is 29. The van der Waals surface area contributed by atoms with Gasteiger partial charge in [-0.15, -0.1) is 0 Å². The maximum atomic E-state index is 14.8. The number of phosphoric acid groups is 1. The molecule has 64 heavy (non-hydrogen) atoms. The van der Waals surface area contributed by atoms with E-state index in [1.54, 1.807) is 17.0 Å². The Hall–Kier alpha value is -4.30. The quantitative estimate of drug-likeness (QED) is 0.0380. The number of primary amides is 1. The molecule has 2 aliphatic rings. The first-order chi connectivity index (χ1) is 30.8. The highest BCUT2D eigenvalue weighted by atomic mass is 31.2. The van der Waals surface area contributed by atoms with Crippen molar-refractivity contribution in [2.75, 3.05) is 13.1 Å². The Morgan fingerprint density at radius 1 is 0.797 bits per heavy atom. The van der Waals surface area contributed by atoms with Gasteiger partial charge in [0.05, 0.1) is 6.04 Å². The van der Waals surface area contributed by atoms with Crippen molar-refractivity contribution >= 4 is 37.4 Å². The molecule has 2 aromatic rings. The Morgan fingerprint density at radius 2 is 1.41 bits per heavy atom. The number of phosphoric ester groups is 1. The zero-order valence-corrected chi connectivity index (χ0v) is 39.1. The Balaban J connectivity index is 1.56. The Bertz CT molecular complexity index is 1780. The third-order valence-corrected chi connectivity index (χ3v) is 12.9. The predicted molar refractivity (Wildman–Crippen MR) is 248 cm³/mol. The fraction of sp³-hybridized carbons (Fsp3) is 0.646. The molecule has 0 spiro atoms. The number of carbonyl (C=O) groups is 5. The zero-order chi connectivity index (χ0) is 46.3. The van der Waals surface area contributed by atoms with Crippen molar-refractivity contribution in [1.29, 1.82) is 0 Å². The van der Waals surface area contributed by atoms with Crippen molar-refractivity contribution in [2.24, 2.45) is 5.73 Å². The fourth-order valence-corrected chi connectivity index (χ4v) is 9.37. The summed E-state index contributed by atoms with van der Waals surface area (Å²) in [6, 6.07) is 12.1. The van der Waals surface area contributed by atoms with Gasteiger partial charge in [-0.2, -0.15) is 0 Å². The maximum Gasteiger partial charge on any atom is 0.524 e. The van der Waals surface area contributed by atoms with E-state index in [-0.39, 0.29) is 43.0 Å². The molecule has 0 aliphatic carbocycles. The van der Waals surface area contributed by atoms with E-state index in [0.29, 0.717) is 45.2 Å². The molecule has 16 heteroatoms. The summed E-state index contributed by atoms with van der Waals surface area (Å²) in [7, 11) is -4.76. The van der Waals surface area contributed by atoms with Gasteiger partial charge in [-0.25, -0.2) is 4.57 Å². The van der Waals surface area contributed by atoms with Crippen LogP contribution in [0.15, 0.2) is 54.6 Å². The van der Waals surface area contributed by atoms with E-state index in [4.69, 9.17) is 10.3 Å². The van der Waals surface area contributed by atoms with Gasteiger partial charge in [-0.3, -0.25) is 38.7 Å². The monoisotopic (exact) mass is 911 g/mol. The van der Waals surface area contributed by atoms with Crippen LogP contribution >= 0.6 is 7.82 Å². The minimum absolute atomic E-state index is 0.000728. The highest BCUT2D eigenvalue weighted by Crippen LogP contribution is 2.37. The van der Waals surface area contributed by atoms with E-state index >= 15 is 0 Å². The number of nitrogens with two attached hydrogens (primary N) is 1. The molecule has 0 radical (unpaired) electrons. The van der Waals surface area contributed by atoms with Crippen molar-refractivity contribution in [1.82, 2.24) is 25.8 Å². The van der Waals surface area contributed by atoms with Crippen LogP contribution in [0.1, 0.15) is 153 Å². The van der Waals surface area contributed by atoms with Crippen LogP contribution in [0.2, 0.25) is 0 Å². The lowest BCUT2D eigenvalue weighted by Gasteiger charge is -2.37. The molecular weight excluding hydrogens is 836 g/mol. The van der Waals surface area contributed by atoms with Crippen molar-refractivity contribution in [3.05, 3.63) is 65.7 Å². The molecule has 2 aromatic carbocycles. The number of unbranched alkanes of at least 4 members (excludes halogenated alkanes) is 10. The molecule has 15 nitrogen and oxygen atoms in total. The smallest absolute Gasteiger partial charge is 0.404 e. The standard InChI is InChI=1S/C48H75N6O9P/c1-3-5-7-9-11-18-32-53(33-19-12-10-8-6-4-2)43(34-36-24-27-39(28-25-36)63-64(60,61)62)47(58)52-41-23-17-16-22-38-26-30-42(54(38)48(41)59)46(57)51-40(29-31-44(49)55)45(56)50-35-37-20-14-13-15-21-37/h13-15,20-21,24-25,27-28,38,40-43H,3-12,16-19,22-23,26,29-35H2,1-2H3,(H2,49,55)(H,50,56)(H,51,57)(H,52,58)(H2,60,61,62)/t38?,40-,41-,42-,43-/m0/s1. The van der Waals surface area contributed by atoms with Gasteiger partial charge in [-0.05, 0) is 87.7 Å². The summed E-state index contributed by atoms with van der Waals surface area (Å²) in [6.07, 6.45) is 17.0. The van der Waals surface area contributed by atoms with Crippen molar-refractivity contribution in [3.8, 4) is 5.75 Å². The molecule has 5 atom stereocenters. The first-order valence-corrected chi connectivity index (χ1v) is 25.4. The summed E-state index contributed by atoms with van der Waals surface area (Å²) in [5.74, 6) is -2.15. The predicted octanol–water partition coefficient (Wildman–Crippen LogP) is 6.58. The lowest BCUT2D eigenvalue weighted by atomic mass is 9.97. The minimum Gasteiger partial charge on any atom is -0.404 e. The molecule has 356 valence electrons. The number of hydrogen-bond donors (Lipinski definition) is 6. The molecule has 1 unspecified atom stereocenters. The Kier molecular flexibility index (Phi) is 22.8. The van der Waals surface area contributed by atoms with Crippen LogP contribution in [0, 0.1) is 0 Å². The van der Waals surface area contributed by atoms with Crippen molar-refractivity contribution < 1.29 is 42.8 Å². The maximum absolute atomic E-state index is 14.8. The summed E-state index contributed by atoms with van der Waals surface area (Å²) in [5, 5.41) is 8.86. The van der Waals surface area contributed by atoms with Crippen molar-refractivity contribution in [2.45, 2.75) is 185 Å². The van der Waals surface area contributed by atoms with E-state index < -0.39 is 49.7 Å². The molecule has 2 fully saturated rings. The van der Waals surface area contributed by atoms with E-state index in [1.165, 1.54) is 25.0 Å². The highest BCUT2D eigenvalue weighted by Gasteiger charge is 2.45. The Labute approximate surface area is 380 Å². The molecule has 4 rings (SSSR count). The van der Waals surface area contributed by atoms with Crippen LogP contribution in [0.25, 0.3) is 0 Å². The van der Waals surface area contributed by atoms with Gasteiger partial charge in [0.2, 0.25) is 29.5 Å². The van der Waals surface area contributed by atoms with Gasteiger partial charge in [-0.1, -0.05) is 133 Å². The summed E-state index contributed by atoms with van der Waals surface area (Å²) >= 11 is 0. The van der Waals surface area contributed by atoms with Crippen LogP contribution in [0.4, 0.5) is 0 Å². The molecule has 7 N–H and O–H groups in total. The highest BCUT2D eigenvalue weighted by molar-refractivity contribution is 7.46. The molecule has 2 aliphatic heterocycles. The molecule has 2 heterocycles. The number of benzene rings is 2. The number of carbonyl (C=O) groups excluding carboxylic acids is 5. The largest absolute Gasteiger partial charge is 0.524 e. The molecule has 0 bridgehead atoms. The second kappa shape index (κ2) is 27.9. The van der Waals surface area contributed by atoms with Gasteiger partial charge in [0.25, 0.3) is 0 Å². The van der Waals surface area contributed by atoms with E-state index in [2.05, 4.69) is 34.7 Å². The van der Waals surface area contributed by atoms with E-state index in [9.17, 15) is 38.3 Å². The van der Waals surface area contributed by atoms with Gasteiger partial charge >= 0.3 is 7.82 Å². The van der Waals surface area contributed by atoms with E-state index in [0.717, 1.165) is 88.2 Å². The van der Waals surface area contributed by atoms with Gasteiger partial charge in [0.15, 0.2) is 0 Å². The third kappa shape index (κ3) is 18.3. The summed E-state index contributed by atoms with van der Waals surface area (Å²) < 4.78 is 16.3. The molecule has 2 saturated heterocycles. The Morgan fingerprint density at radius 3 is 2.02 bits per heavy atom. The number of nitrogens with zero attached hydrogens (tertiary/aromatic N) is 2. The lowest BCUT2D eigenvalue weighted by molar-refractivity contribution is -0.145.